The van der Waals surface area contributed by atoms with E-state index in [1.807, 2.05) is 50.2 Å². The molecule has 142 valence electrons. The van der Waals surface area contributed by atoms with E-state index in [0.717, 1.165) is 33.9 Å². The van der Waals surface area contributed by atoms with Gasteiger partial charge in [-0.05, 0) is 54.8 Å². The first-order valence-corrected chi connectivity index (χ1v) is 8.92. The van der Waals surface area contributed by atoms with E-state index in [1.165, 1.54) is 0 Å². The number of carbonyl (C=O) groups excluding carboxylic acids is 1. The summed E-state index contributed by atoms with van der Waals surface area (Å²) in [4.78, 5) is 21.1. The summed E-state index contributed by atoms with van der Waals surface area (Å²) in [6.07, 6.45) is 1.56. The van der Waals surface area contributed by atoms with Crippen LogP contribution in [-0.2, 0) is 6.54 Å². The third-order valence-corrected chi connectivity index (χ3v) is 4.42. The highest BCUT2D eigenvalue weighted by Gasteiger charge is 2.14. The summed E-state index contributed by atoms with van der Waals surface area (Å²) in [6.45, 7) is 4.68. The molecule has 0 saturated heterocycles. The molecule has 0 atom stereocenters. The molecule has 4 rings (SSSR count). The molecule has 0 unspecified atom stereocenters. The topological polar surface area (TPSA) is 85.4 Å². The first-order valence-electron chi connectivity index (χ1n) is 8.92. The number of benzene rings is 2. The zero-order valence-electron chi connectivity index (χ0n) is 15.7. The van der Waals surface area contributed by atoms with Crippen molar-refractivity contribution in [3.05, 3.63) is 71.0 Å². The largest absolute Gasteiger partial charge is 0.454 e. The van der Waals surface area contributed by atoms with Crippen LogP contribution in [0.4, 0.5) is 11.6 Å². The van der Waals surface area contributed by atoms with Gasteiger partial charge in [0.25, 0.3) is 5.91 Å². The smallest absolute Gasteiger partial charge is 0.274 e. The van der Waals surface area contributed by atoms with Gasteiger partial charge >= 0.3 is 0 Å². The van der Waals surface area contributed by atoms with Gasteiger partial charge in [0.1, 0.15) is 5.69 Å². The van der Waals surface area contributed by atoms with Gasteiger partial charge < -0.3 is 20.1 Å². The molecule has 0 bridgehead atoms. The van der Waals surface area contributed by atoms with E-state index >= 15 is 0 Å². The summed E-state index contributed by atoms with van der Waals surface area (Å²) in [6, 6.07) is 13.2. The number of anilines is 2. The van der Waals surface area contributed by atoms with E-state index in [0.29, 0.717) is 18.2 Å². The van der Waals surface area contributed by atoms with E-state index in [-0.39, 0.29) is 12.7 Å². The van der Waals surface area contributed by atoms with Crippen LogP contribution in [0, 0.1) is 13.8 Å². The molecule has 0 radical (unpaired) electrons. The minimum Gasteiger partial charge on any atom is -0.454 e. The van der Waals surface area contributed by atoms with E-state index in [9.17, 15) is 4.79 Å². The van der Waals surface area contributed by atoms with Gasteiger partial charge in [0, 0.05) is 18.4 Å². The molecule has 3 aromatic rings. The summed E-state index contributed by atoms with van der Waals surface area (Å²) >= 11 is 0. The lowest BCUT2D eigenvalue weighted by Gasteiger charge is -2.10. The van der Waals surface area contributed by atoms with E-state index in [4.69, 9.17) is 9.47 Å². The number of aryl methyl sites for hydroxylation is 2. The normalized spacial score (nSPS) is 11.9. The minimum atomic E-state index is -0.276. The molecule has 7 heteroatoms. The van der Waals surface area contributed by atoms with Gasteiger partial charge in [0.2, 0.25) is 12.7 Å². The second kappa shape index (κ2) is 7.56. The van der Waals surface area contributed by atoms with Crippen molar-refractivity contribution in [2.75, 3.05) is 17.4 Å². The Labute approximate surface area is 162 Å². The average molecular weight is 376 g/mol. The summed E-state index contributed by atoms with van der Waals surface area (Å²) in [5, 5.41) is 6.04. The predicted octanol–water partition coefficient (Wildman–Crippen LogP) is 3.69. The Balaban J connectivity index is 1.43. The number of carbonyl (C=O) groups is 1. The zero-order valence-corrected chi connectivity index (χ0v) is 15.7. The van der Waals surface area contributed by atoms with Gasteiger partial charge in [-0.15, -0.1) is 0 Å². The first kappa shape index (κ1) is 17.8. The van der Waals surface area contributed by atoms with Crippen LogP contribution < -0.4 is 20.1 Å². The summed E-state index contributed by atoms with van der Waals surface area (Å²) in [5.41, 5.74) is 4.14. The predicted molar refractivity (Wildman–Crippen MR) is 106 cm³/mol. The van der Waals surface area contributed by atoms with Crippen LogP contribution >= 0.6 is 0 Å². The first-order chi connectivity index (χ1) is 13.6. The van der Waals surface area contributed by atoms with E-state index in [1.54, 1.807) is 12.3 Å². The van der Waals surface area contributed by atoms with Crippen LogP contribution in [0.1, 0.15) is 27.2 Å². The Morgan fingerprint density at radius 3 is 2.82 bits per heavy atom. The Kier molecular flexibility index (Phi) is 4.80. The molecule has 7 nitrogen and oxygen atoms in total. The van der Waals surface area contributed by atoms with Gasteiger partial charge in [-0.3, -0.25) is 4.79 Å². The lowest BCUT2D eigenvalue weighted by atomic mass is 10.1. The quantitative estimate of drug-likeness (QED) is 0.706. The maximum atomic E-state index is 12.6. The van der Waals surface area contributed by atoms with Crippen molar-refractivity contribution in [2.45, 2.75) is 20.4 Å². The minimum absolute atomic E-state index is 0.243. The standard InChI is InChI=1S/C21H20N4O3/c1-13-3-4-14(2)17(9-13)24-20(26)16-7-8-22-21(25-16)23-11-15-5-6-18-19(10-15)28-12-27-18/h3-10H,11-12H2,1-2H3,(H,24,26)(H,22,23,25). The number of hydrogen-bond acceptors (Lipinski definition) is 6. The van der Waals surface area contributed by atoms with E-state index < -0.39 is 0 Å². The molecule has 1 aliphatic rings. The Hall–Kier alpha value is -3.61. The molecular formula is C21H20N4O3. The second-order valence-electron chi connectivity index (χ2n) is 6.58. The van der Waals surface area contributed by atoms with Crippen molar-refractivity contribution in [3.8, 4) is 11.5 Å². The van der Waals surface area contributed by atoms with Crippen LogP contribution in [0.25, 0.3) is 0 Å². The number of nitrogens with one attached hydrogen (secondary N) is 2. The molecule has 1 aliphatic heterocycles. The van der Waals surface area contributed by atoms with Crippen LogP contribution in [0.5, 0.6) is 11.5 Å². The van der Waals surface area contributed by atoms with Gasteiger partial charge in [0.15, 0.2) is 11.5 Å². The molecule has 0 aliphatic carbocycles. The number of amides is 1. The van der Waals surface area contributed by atoms with Crippen molar-refractivity contribution >= 4 is 17.5 Å². The lowest BCUT2D eigenvalue weighted by molar-refractivity contribution is 0.102. The van der Waals surface area contributed by atoms with Crippen LogP contribution in [0.2, 0.25) is 0 Å². The zero-order chi connectivity index (χ0) is 19.5. The van der Waals surface area contributed by atoms with Crippen molar-refractivity contribution in [3.63, 3.8) is 0 Å². The molecular weight excluding hydrogens is 356 g/mol. The van der Waals surface area contributed by atoms with Gasteiger partial charge in [0.05, 0.1) is 0 Å². The number of nitrogens with zero attached hydrogens (tertiary/aromatic N) is 2. The fourth-order valence-electron chi connectivity index (χ4n) is 2.86. The van der Waals surface area contributed by atoms with Crippen molar-refractivity contribution in [2.24, 2.45) is 0 Å². The number of ether oxygens (including phenoxy) is 2. The van der Waals surface area contributed by atoms with Gasteiger partial charge in [-0.2, -0.15) is 0 Å². The SMILES string of the molecule is Cc1ccc(C)c(NC(=O)c2ccnc(NCc3ccc4c(c3)OCO4)n2)c1. The Morgan fingerprint density at radius 2 is 1.93 bits per heavy atom. The lowest BCUT2D eigenvalue weighted by Crippen LogP contribution is -2.16. The summed E-state index contributed by atoms with van der Waals surface area (Å²) in [5.74, 6) is 1.57. The molecule has 0 spiro atoms. The third-order valence-electron chi connectivity index (χ3n) is 4.42. The molecule has 1 aromatic heterocycles. The Bertz CT molecular complexity index is 1040. The highest BCUT2D eigenvalue weighted by molar-refractivity contribution is 6.03. The number of hydrogen-bond donors (Lipinski definition) is 2. The molecule has 2 aromatic carbocycles. The van der Waals surface area contributed by atoms with Gasteiger partial charge in [-0.1, -0.05) is 18.2 Å². The van der Waals surface area contributed by atoms with Crippen molar-refractivity contribution < 1.29 is 14.3 Å². The molecule has 28 heavy (non-hydrogen) atoms. The second-order valence-corrected chi connectivity index (χ2v) is 6.58. The number of rotatable bonds is 5. The van der Waals surface area contributed by atoms with Crippen LogP contribution in [-0.4, -0.2) is 22.7 Å². The summed E-state index contributed by atoms with van der Waals surface area (Å²) in [7, 11) is 0. The van der Waals surface area contributed by atoms with Crippen molar-refractivity contribution in [1.29, 1.82) is 0 Å². The maximum Gasteiger partial charge on any atom is 0.274 e. The van der Waals surface area contributed by atoms with Crippen molar-refractivity contribution in [1.82, 2.24) is 9.97 Å². The molecule has 2 heterocycles. The molecule has 1 amide bonds. The highest BCUT2D eigenvalue weighted by Crippen LogP contribution is 2.32. The van der Waals surface area contributed by atoms with Crippen LogP contribution in [0.15, 0.2) is 48.7 Å². The summed E-state index contributed by atoms with van der Waals surface area (Å²) < 4.78 is 10.7. The third kappa shape index (κ3) is 3.88. The number of aromatic nitrogens is 2. The fraction of sp³-hybridized carbons (Fsp3) is 0.190. The molecule has 0 saturated carbocycles. The van der Waals surface area contributed by atoms with Crippen LogP contribution in [0.3, 0.4) is 0 Å². The highest BCUT2D eigenvalue weighted by atomic mass is 16.7. The average Bonchev–Trinajstić information content (AvgIpc) is 3.17. The Morgan fingerprint density at radius 1 is 1.07 bits per heavy atom. The molecule has 0 fully saturated rings. The fourth-order valence-corrected chi connectivity index (χ4v) is 2.86. The number of fused-ring (bicyclic) bond motifs is 1. The van der Waals surface area contributed by atoms with E-state index in [2.05, 4.69) is 20.6 Å². The molecule has 2 N–H and O–H groups in total. The van der Waals surface area contributed by atoms with Gasteiger partial charge in [-0.25, -0.2) is 9.97 Å². The monoisotopic (exact) mass is 376 g/mol. The maximum absolute atomic E-state index is 12.6.